The molecule has 1 aliphatic heterocycles. The largest absolute Gasteiger partial charge is 0.292 e. The fourth-order valence-electron chi connectivity index (χ4n) is 3.64. The van der Waals surface area contributed by atoms with Gasteiger partial charge in [-0.1, -0.05) is 46.3 Å². The van der Waals surface area contributed by atoms with Crippen LogP contribution in [0, 0.1) is 5.92 Å². The van der Waals surface area contributed by atoms with Crippen LogP contribution in [0.25, 0.3) is 0 Å². The van der Waals surface area contributed by atoms with Gasteiger partial charge in [-0.15, -0.1) is 0 Å². The van der Waals surface area contributed by atoms with Crippen LogP contribution in [-0.2, 0) is 0 Å². The summed E-state index contributed by atoms with van der Waals surface area (Å²) in [6, 6.07) is 12.3. The van der Waals surface area contributed by atoms with Crippen molar-refractivity contribution in [3.8, 4) is 0 Å². The van der Waals surface area contributed by atoms with Crippen LogP contribution < -0.4 is 0 Å². The molecular weight excluding hydrogens is 274 g/mol. The van der Waals surface area contributed by atoms with E-state index >= 15 is 0 Å². The van der Waals surface area contributed by atoms with E-state index in [1.807, 2.05) is 0 Å². The molecule has 1 aliphatic carbocycles. The molecule has 0 bridgehead atoms. The molecule has 0 radical (unpaired) electrons. The molecular formula is C15H20BrN. The molecule has 0 spiro atoms. The van der Waals surface area contributed by atoms with E-state index in [0.29, 0.717) is 10.9 Å². The number of benzene rings is 1. The van der Waals surface area contributed by atoms with Crippen LogP contribution in [0.2, 0.25) is 0 Å². The number of rotatable bonds is 2. The maximum atomic E-state index is 3.88. The lowest BCUT2D eigenvalue weighted by atomic mass is 10.0. The zero-order valence-electron chi connectivity index (χ0n) is 10.3. The monoisotopic (exact) mass is 293 g/mol. The highest BCUT2D eigenvalue weighted by molar-refractivity contribution is 9.09. The van der Waals surface area contributed by atoms with Crippen molar-refractivity contribution in [2.24, 2.45) is 5.92 Å². The third kappa shape index (κ3) is 2.06. The molecule has 0 N–H and O–H groups in total. The van der Waals surface area contributed by atoms with Gasteiger partial charge in [-0.25, -0.2) is 0 Å². The Labute approximate surface area is 112 Å². The highest BCUT2D eigenvalue weighted by atomic mass is 79.9. The van der Waals surface area contributed by atoms with Crippen LogP contribution in [0.3, 0.4) is 0 Å². The predicted octanol–water partition coefficient (Wildman–Crippen LogP) is 4.00. The lowest BCUT2D eigenvalue weighted by molar-refractivity contribution is 0.188. The van der Waals surface area contributed by atoms with Crippen LogP contribution in [0.4, 0.5) is 0 Å². The molecule has 2 fully saturated rings. The number of fused-ring (bicyclic) bond motifs is 1. The molecule has 0 aromatic heterocycles. The molecule has 1 saturated carbocycles. The number of halogens is 1. The van der Waals surface area contributed by atoms with E-state index in [-0.39, 0.29) is 0 Å². The minimum Gasteiger partial charge on any atom is -0.292 e. The third-order valence-electron chi connectivity index (χ3n) is 4.59. The Morgan fingerprint density at radius 2 is 1.94 bits per heavy atom. The maximum absolute atomic E-state index is 3.88. The second-order valence-corrected chi connectivity index (χ2v) is 6.63. The standard InChI is InChI=1S/C15H20BrN/c1-11(12-5-3-2-4-6-12)17-10-9-13-7-8-14(16)15(13)17/h2-6,11,13-15H,7-10H2,1H3/t11-,13-,14+,15+/m1/s1. The van der Waals surface area contributed by atoms with Gasteiger partial charge in [0.05, 0.1) is 0 Å². The van der Waals surface area contributed by atoms with Crippen LogP contribution in [0.15, 0.2) is 30.3 Å². The Hall–Kier alpha value is -0.340. The van der Waals surface area contributed by atoms with Crippen molar-refractivity contribution < 1.29 is 0 Å². The van der Waals surface area contributed by atoms with Crippen molar-refractivity contribution >= 4 is 15.9 Å². The summed E-state index contributed by atoms with van der Waals surface area (Å²) < 4.78 is 0. The first kappa shape index (κ1) is 11.7. The zero-order chi connectivity index (χ0) is 11.8. The Morgan fingerprint density at radius 1 is 1.18 bits per heavy atom. The first-order valence-corrected chi connectivity index (χ1v) is 7.63. The Kier molecular flexibility index (Phi) is 3.27. The highest BCUT2D eigenvalue weighted by Crippen LogP contribution is 2.44. The van der Waals surface area contributed by atoms with E-state index in [9.17, 15) is 0 Å². The van der Waals surface area contributed by atoms with Gasteiger partial charge in [0.15, 0.2) is 0 Å². The van der Waals surface area contributed by atoms with Crippen molar-refractivity contribution in [3.63, 3.8) is 0 Å². The van der Waals surface area contributed by atoms with Crippen LogP contribution >= 0.6 is 15.9 Å². The summed E-state index contributed by atoms with van der Waals surface area (Å²) in [5.74, 6) is 0.936. The lowest BCUT2D eigenvalue weighted by Gasteiger charge is -2.32. The molecule has 2 aliphatic rings. The Balaban J connectivity index is 1.81. The average Bonchev–Trinajstić information content (AvgIpc) is 2.93. The smallest absolute Gasteiger partial charge is 0.0323 e. The fourth-order valence-corrected chi connectivity index (χ4v) is 4.64. The number of hydrogen-bond donors (Lipinski definition) is 0. The quantitative estimate of drug-likeness (QED) is 0.745. The highest BCUT2D eigenvalue weighted by Gasteiger charge is 2.44. The van der Waals surface area contributed by atoms with Gasteiger partial charge >= 0.3 is 0 Å². The topological polar surface area (TPSA) is 3.24 Å². The average molecular weight is 294 g/mol. The number of alkyl halides is 1. The number of nitrogens with zero attached hydrogens (tertiary/aromatic N) is 1. The van der Waals surface area contributed by atoms with Crippen molar-refractivity contribution in [1.29, 1.82) is 0 Å². The van der Waals surface area contributed by atoms with E-state index in [2.05, 4.69) is 58.1 Å². The van der Waals surface area contributed by atoms with E-state index in [1.165, 1.54) is 31.4 Å². The lowest BCUT2D eigenvalue weighted by Crippen LogP contribution is -2.37. The van der Waals surface area contributed by atoms with Gasteiger partial charge in [-0.3, -0.25) is 4.90 Å². The second kappa shape index (κ2) is 4.74. The minimum absolute atomic E-state index is 0.560. The molecule has 4 atom stereocenters. The molecule has 3 rings (SSSR count). The van der Waals surface area contributed by atoms with Crippen LogP contribution in [-0.4, -0.2) is 22.3 Å². The maximum Gasteiger partial charge on any atom is 0.0323 e. The summed E-state index contributed by atoms with van der Waals surface area (Å²) in [4.78, 5) is 3.42. The molecule has 1 heterocycles. The molecule has 92 valence electrons. The van der Waals surface area contributed by atoms with Crippen LogP contribution in [0.1, 0.15) is 37.8 Å². The van der Waals surface area contributed by atoms with Gasteiger partial charge < -0.3 is 0 Å². The predicted molar refractivity (Wildman–Crippen MR) is 75.4 cm³/mol. The van der Waals surface area contributed by atoms with Gasteiger partial charge in [0.25, 0.3) is 0 Å². The molecule has 2 heteroatoms. The summed E-state index contributed by atoms with van der Waals surface area (Å²) in [5.41, 5.74) is 1.46. The minimum atomic E-state index is 0.560. The molecule has 17 heavy (non-hydrogen) atoms. The third-order valence-corrected chi connectivity index (χ3v) is 5.59. The summed E-state index contributed by atoms with van der Waals surface area (Å²) >= 11 is 3.88. The summed E-state index contributed by atoms with van der Waals surface area (Å²) in [5, 5.41) is 0. The molecule has 0 amide bonds. The van der Waals surface area contributed by atoms with Crippen LogP contribution in [0.5, 0.6) is 0 Å². The van der Waals surface area contributed by atoms with Gasteiger partial charge in [0.1, 0.15) is 0 Å². The van der Waals surface area contributed by atoms with E-state index in [4.69, 9.17) is 0 Å². The Morgan fingerprint density at radius 3 is 2.71 bits per heavy atom. The first-order valence-electron chi connectivity index (χ1n) is 6.72. The van der Waals surface area contributed by atoms with Gasteiger partial charge in [0, 0.05) is 16.9 Å². The number of likely N-dealkylation sites (tertiary alicyclic amines) is 1. The first-order chi connectivity index (χ1) is 8.27. The normalized spacial score (nSPS) is 34.8. The van der Waals surface area contributed by atoms with Crippen molar-refractivity contribution in [1.82, 2.24) is 4.90 Å². The molecule has 0 unspecified atom stereocenters. The van der Waals surface area contributed by atoms with E-state index in [1.54, 1.807) is 0 Å². The summed E-state index contributed by atoms with van der Waals surface area (Å²) in [6.07, 6.45) is 4.16. The van der Waals surface area contributed by atoms with Gasteiger partial charge in [-0.05, 0) is 44.2 Å². The molecule has 1 aromatic carbocycles. The van der Waals surface area contributed by atoms with Gasteiger partial charge in [0.2, 0.25) is 0 Å². The summed E-state index contributed by atoms with van der Waals surface area (Å²) in [7, 11) is 0. The second-order valence-electron chi connectivity index (χ2n) is 5.46. The van der Waals surface area contributed by atoms with Crippen molar-refractivity contribution in [2.45, 2.75) is 43.1 Å². The van der Waals surface area contributed by atoms with Crippen molar-refractivity contribution in [2.75, 3.05) is 6.54 Å². The SMILES string of the molecule is C[C@H](c1ccccc1)N1CC[C@H]2CC[C@H](Br)[C@H]21. The summed E-state index contributed by atoms with van der Waals surface area (Å²) in [6.45, 7) is 3.63. The van der Waals surface area contributed by atoms with Gasteiger partial charge in [-0.2, -0.15) is 0 Å². The van der Waals surface area contributed by atoms with E-state index < -0.39 is 0 Å². The fraction of sp³-hybridized carbons (Fsp3) is 0.600. The molecule has 1 nitrogen and oxygen atoms in total. The zero-order valence-corrected chi connectivity index (χ0v) is 11.9. The van der Waals surface area contributed by atoms with Crippen molar-refractivity contribution in [3.05, 3.63) is 35.9 Å². The Bertz CT molecular complexity index is 378. The van der Waals surface area contributed by atoms with E-state index in [0.717, 1.165) is 12.0 Å². The molecule has 1 aromatic rings. The number of hydrogen-bond acceptors (Lipinski definition) is 1. The molecule has 1 saturated heterocycles.